The number of benzene rings is 1. The van der Waals surface area contributed by atoms with E-state index in [9.17, 15) is 18.0 Å². The first-order valence-electron chi connectivity index (χ1n) is 10.2. The Kier molecular flexibility index (Phi) is 7.42. The van der Waals surface area contributed by atoms with Crippen molar-refractivity contribution in [2.75, 3.05) is 26.7 Å². The van der Waals surface area contributed by atoms with Crippen LogP contribution in [0.1, 0.15) is 24.8 Å². The molecule has 3 atom stereocenters. The summed E-state index contributed by atoms with van der Waals surface area (Å²) < 4.78 is 43.1. The molecule has 7 nitrogen and oxygen atoms in total. The van der Waals surface area contributed by atoms with Crippen molar-refractivity contribution in [2.45, 2.75) is 44.2 Å². The van der Waals surface area contributed by atoms with Gasteiger partial charge in [0.05, 0.1) is 25.2 Å². The molecule has 2 bridgehead atoms. The standard InChI is InChI=1S/C19H26N2O3.C2HF3O2/c1-23-15-4-2-3-14(7-15)10-21-11-16-8-17(18(12-21)24-16)19(22)20-9-13-5-6-13;3-2(4,5)1(6)7/h2-4,7,13,16-18H,5-6,8-12H2,1H3,(H,20,22);(H,6,7). The van der Waals surface area contributed by atoms with Gasteiger partial charge in [-0.15, -0.1) is 0 Å². The maximum Gasteiger partial charge on any atom is 0.490 e. The summed E-state index contributed by atoms with van der Waals surface area (Å²) in [6.45, 7) is 3.46. The number of amides is 1. The van der Waals surface area contributed by atoms with Crippen LogP contribution in [0.25, 0.3) is 0 Å². The van der Waals surface area contributed by atoms with E-state index in [1.807, 2.05) is 12.1 Å². The van der Waals surface area contributed by atoms with Crippen LogP contribution in [0, 0.1) is 11.8 Å². The molecule has 3 unspecified atom stereocenters. The number of carboxylic acid groups (broad SMARTS) is 1. The molecule has 1 aromatic rings. The van der Waals surface area contributed by atoms with E-state index in [1.54, 1.807) is 7.11 Å². The summed E-state index contributed by atoms with van der Waals surface area (Å²) >= 11 is 0. The molecular weight excluding hydrogens is 417 g/mol. The zero-order valence-corrected chi connectivity index (χ0v) is 17.2. The summed E-state index contributed by atoms with van der Waals surface area (Å²) in [5, 5.41) is 10.2. The molecule has 2 heterocycles. The molecule has 1 saturated carbocycles. The average molecular weight is 444 g/mol. The van der Waals surface area contributed by atoms with Gasteiger partial charge in [0.2, 0.25) is 5.91 Å². The van der Waals surface area contributed by atoms with Crippen molar-refractivity contribution in [2.24, 2.45) is 11.8 Å². The Balaban J connectivity index is 0.000000339. The minimum absolute atomic E-state index is 0.0176. The van der Waals surface area contributed by atoms with Crippen LogP contribution in [-0.2, 0) is 20.9 Å². The largest absolute Gasteiger partial charge is 0.497 e. The predicted octanol–water partition coefficient (Wildman–Crippen LogP) is 2.44. The predicted molar refractivity (Wildman–Crippen MR) is 104 cm³/mol. The summed E-state index contributed by atoms with van der Waals surface area (Å²) in [4.78, 5) is 23.7. The highest BCUT2D eigenvalue weighted by Gasteiger charge is 2.44. The van der Waals surface area contributed by atoms with Crippen LogP contribution < -0.4 is 10.1 Å². The number of ether oxygens (including phenoxy) is 2. The molecule has 1 aromatic carbocycles. The summed E-state index contributed by atoms with van der Waals surface area (Å²) in [6.07, 6.45) is -1.47. The van der Waals surface area contributed by atoms with Gasteiger partial charge in [0.25, 0.3) is 0 Å². The van der Waals surface area contributed by atoms with Gasteiger partial charge < -0.3 is 19.9 Å². The molecule has 2 N–H and O–H groups in total. The van der Waals surface area contributed by atoms with E-state index < -0.39 is 12.1 Å². The number of carboxylic acids is 1. The van der Waals surface area contributed by atoms with E-state index >= 15 is 0 Å². The fourth-order valence-electron chi connectivity index (χ4n) is 3.87. The van der Waals surface area contributed by atoms with Crippen LogP contribution in [0.3, 0.4) is 0 Å². The van der Waals surface area contributed by atoms with Crippen molar-refractivity contribution in [3.8, 4) is 5.75 Å². The number of halogens is 3. The van der Waals surface area contributed by atoms with Gasteiger partial charge in [0.1, 0.15) is 5.75 Å². The monoisotopic (exact) mass is 444 g/mol. The molecule has 3 aliphatic rings. The normalized spacial score (nSPS) is 25.4. The molecule has 10 heteroatoms. The molecule has 172 valence electrons. The Morgan fingerprint density at radius 2 is 2.00 bits per heavy atom. The second-order valence-corrected chi connectivity index (χ2v) is 8.18. The number of carbonyl (C=O) groups is 2. The van der Waals surface area contributed by atoms with Gasteiger partial charge in [-0.1, -0.05) is 12.1 Å². The minimum atomic E-state index is -5.08. The van der Waals surface area contributed by atoms with E-state index in [-0.39, 0.29) is 24.0 Å². The molecule has 4 rings (SSSR count). The molecule has 0 aromatic heterocycles. The van der Waals surface area contributed by atoms with Crippen molar-refractivity contribution in [3.05, 3.63) is 29.8 Å². The van der Waals surface area contributed by atoms with E-state index in [1.165, 1.54) is 18.4 Å². The number of hydrogen-bond acceptors (Lipinski definition) is 5. The van der Waals surface area contributed by atoms with Crippen LogP contribution in [-0.4, -0.2) is 67.0 Å². The number of carbonyl (C=O) groups excluding carboxylic acids is 1. The molecule has 0 spiro atoms. The molecule has 1 amide bonds. The van der Waals surface area contributed by atoms with E-state index in [4.69, 9.17) is 19.4 Å². The Labute approximate surface area is 178 Å². The Bertz CT molecular complexity index is 785. The van der Waals surface area contributed by atoms with Crippen molar-refractivity contribution in [1.82, 2.24) is 10.2 Å². The molecule has 2 aliphatic heterocycles. The number of methoxy groups -OCH3 is 1. The number of likely N-dealkylation sites (tertiary alicyclic amines) is 1. The lowest BCUT2D eigenvalue weighted by atomic mass is 9.99. The lowest BCUT2D eigenvalue weighted by Gasteiger charge is -2.32. The van der Waals surface area contributed by atoms with Crippen molar-refractivity contribution >= 4 is 11.9 Å². The van der Waals surface area contributed by atoms with Crippen molar-refractivity contribution in [1.29, 1.82) is 0 Å². The summed E-state index contributed by atoms with van der Waals surface area (Å²) in [7, 11) is 1.69. The average Bonchev–Trinajstić information content (AvgIpc) is 3.49. The van der Waals surface area contributed by atoms with Gasteiger partial charge in [-0.05, 0) is 42.9 Å². The van der Waals surface area contributed by atoms with Gasteiger partial charge >= 0.3 is 12.1 Å². The lowest BCUT2D eigenvalue weighted by Crippen LogP contribution is -2.45. The van der Waals surface area contributed by atoms with E-state index in [0.29, 0.717) is 0 Å². The van der Waals surface area contributed by atoms with Crippen LogP contribution in [0.4, 0.5) is 13.2 Å². The van der Waals surface area contributed by atoms with E-state index in [0.717, 1.165) is 44.3 Å². The first kappa shape index (κ1) is 23.3. The first-order valence-corrected chi connectivity index (χ1v) is 10.2. The molecule has 0 radical (unpaired) electrons. The fourth-order valence-corrected chi connectivity index (χ4v) is 3.87. The summed E-state index contributed by atoms with van der Waals surface area (Å²) in [5.74, 6) is -0.935. The molecule has 31 heavy (non-hydrogen) atoms. The SMILES string of the molecule is COc1cccc(CN2CC3CC(C(=O)NCC4CC4)C(C2)O3)c1.O=C(O)C(F)(F)F. The summed E-state index contributed by atoms with van der Waals surface area (Å²) in [6, 6.07) is 8.20. The number of nitrogens with one attached hydrogen (secondary N) is 1. The van der Waals surface area contributed by atoms with Crippen LogP contribution >= 0.6 is 0 Å². The van der Waals surface area contributed by atoms with Crippen LogP contribution in [0.5, 0.6) is 5.75 Å². The quantitative estimate of drug-likeness (QED) is 0.701. The van der Waals surface area contributed by atoms with Crippen LogP contribution in [0.15, 0.2) is 24.3 Å². The number of nitrogens with zero attached hydrogens (tertiary/aromatic N) is 1. The zero-order valence-electron chi connectivity index (χ0n) is 17.2. The van der Waals surface area contributed by atoms with Crippen LogP contribution in [0.2, 0.25) is 0 Å². The number of aliphatic carboxylic acids is 1. The minimum Gasteiger partial charge on any atom is -0.497 e. The summed E-state index contributed by atoms with van der Waals surface area (Å²) in [5.41, 5.74) is 1.24. The maximum absolute atomic E-state index is 12.4. The van der Waals surface area contributed by atoms with Gasteiger partial charge in [-0.2, -0.15) is 13.2 Å². The zero-order chi connectivity index (χ0) is 22.6. The van der Waals surface area contributed by atoms with Gasteiger partial charge in [0.15, 0.2) is 0 Å². The molecule has 2 saturated heterocycles. The number of rotatable bonds is 6. The van der Waals surface area contributed by atoms with Gasteiger partial charge in [-0.25, -0.2) is 4.79 Å². The Hall–Kier alpha value is -2.33. The van der Waals surface area contributed by atoms with E-state index in [2.05, 4.69) is 22.3 Å². The number of alkyl halides is 3. The highest BCUT2D eigenvalue weighted by atomic mass is 19.4. The second kappa shape index (κ2) is 9.86. The third-order valence-corrected chi connectivity index (χ3v) is 5.61. The fraction of sp³-hybridized carbons (Fsp3) is 0.619. The lowest BCUT2D eigenvalue weighted by molar-refractivity contribution is -0.192. The number of morpholine rings is 1. The van der Waals surface area contributed by atoms with Crippen molar-refractivity contribution < 1.29 is 37.3 Å². The van der Waals surface area contributed by atoms with Gasteiger partial charge in [-0.3, -0.25) is 9.69 Å². The first-order chi connectivity index (χ1) is 14.7. The highest BCUT2D eigenvalue weighted by Crippen LogP contribution is 2.33. The maximum atomic E-state index is 12.4. The van der Waals surface area contributed by atoms with Gasteiger partial charge in [0, 0.05) is 26.2 Å². The molecule has 1 aliphatic carbocycles. The number of hydrogen-bond donors (Lipinski definition) is 2. The molecular formula is C21H27F3N2O5. The number of fused-ring (bicyclic) bond motifs is 2. The third kappa shape index (κ3) is 6.83. The molecule has 3 fully saturated rings. The topological polar surface area (TPSA) is 88.1 Å². The highest BCUT2D eigenvalue weighted by molar-refractivity contribution is 5.79. The second-order valence-electron chi connectivity index (χ2n) is 8.18. The third-order valence-electron chi connectivity index (χ3n) is 5.61. The Morgan fingerprint density at radius 1 is 1.29 bits per heavy atom. The Morgan fingerprint density at radius 3 is 2.61 bits per heavy atom. The van der Waals surface area contributed by atoms with Crippen molar-refractivity contribution in [3.63, 3.8) is 0 Å². The smallest absolute Gasteiger partial charge is 0.490 e.